The molecule has 0 aliphatic carbocycles. The Morgan fingerprint density at radius 2 is 1.96 bits per heavy atom. The van der Waals surface area contributed by atoms with E-state index in [2.05, 4.69) is 15.5 Å². The average molecular weight is 338 g/mol. The highest BCUT2D eigenvalue weighted by molar-refractivity contribution is 7.80. The van der Waals surface area contributed by atoms with Crippen molar-refractivity contribution in [1.82, 2.24) is 9.88 Å². The zero-order valence-electron chi connectivity index (χ0n) is 13.5. The van der Waals surface area contributed by atoms with Gasteiger partial charge in [0.2, 0.25) is 11.0 Å². The number of nitrogens with zero attached hydrogens (tertiary/aromatic N) is 3. The van der Waals surface area contributed by atoms with Crippen molar-refractivity contribution in [3.05, 3.63) is 59.7 Å². The summed E-state index contributed by atoms with van der Waals surface area (Å²) in [5.41, 5.74) is 3.53. The molecule has 0 atom stereocenters. The predicted octanol–water partition coefficient (Wildman–Crippen LogP) is 4.35. The molecule has 0 saturated carbocycles. The second-order valence-electron chi connectivity index (χ2n) is 5.60. The van der Waals surface area contributed by atoms with Crippen LogP contribution in [0.15, 0.2) is 58.8 Å². The Morgan fingerprint density at radius 3 is 2.71 bits per heavy atom. The highest BCUT2D eigenvalue weighted by Gasteiger charge is 2.14. The van der Waals surface area contributed by atoms with E-state index in [9.17, 15) is 5.11 Å². The summed E-state index contributed by atoms with van der Waals surface area (Å²) in [6, 6.07) is 15.8. The van der Waals surface area contributed by atoms with Crippen LogP contribution in [0, 0.1) is 6.92 Å². The molecule has 6 heteroatoms. The molecule has 0 saturated heterocycles. The lowest BCUT2D eigenvalue weighted by Gasteiger charge is -2.02. The molecule has 3 aromatic rings. The van der Waals surface area contributed by atoms with Gasteiger partial charge in [-0.2, -0.15) is 0 Å². The van der Waals surface area contributed by atoms with Crippen molar-refractivity contribution in [2.45, 2.75) is 13.5 Å². The third-order valence-corrected chi connectivity index (χ3v) is 4.05. The number of aryl methyl sites for hydroxylation is 2. The minimum Gasteiger partial charge on any atom is -0.493 e. The van der Waals surface area contributed by atoms with E-state index >= 15 is 0 Å². The van der Waals surface area contributed by atoms with Gasteiger partial charge in [-0.05, 0) is 36.8 Å². The van der Waals surface area contributed by atoms with Gasteiger partial charge in [-0.1, -0.05) is 42.0 Å². The Balaban J connectivity index is 1.79. The Bertz CT molecular complexity index is 916. The van der Waals surface area contributed by atoms with Gasteiger partial charge in [0.25, 0.3) is 0 Å². The lowest BCUT2D eigenvalue weighted by atomic mass is 10.1. The molecular formula is C18H18N4OS. The fraction of sp³-hybridized carbons (Fsp3) is 0.167. The van der Waals surface area contributed by atoms with Gasteiger partial charge >= 0.3 is 0 Å². The third-order valence-electron chi connectivity index (χ3n) is 3.83. The molecule has 0 aliphatic heterocycles. The molecule has 0 fully saturated rings. The number of aromatic hydroxyl groups is 1. The third kappa shape index (κ3) is 3.28. The second-order valence-corrected chi connectivity index (χ2v) is 5.98. The number of azo groups is 1. The van der Waals surface area contributed by atoms with Gasteiger partial charge < -0.3 is 15.0 Å². The first kappa shape index (κ1) is 16.1. The molecular weight excluding hydrogens is 320 g/mol. The minimum atomic E-state index is 0.0743. The van der Waals surface area contributed by atoms with Crippen LogP contribution in [0.3, 0.4) is 0 Å². The van der Waals surface area contributed by atoms with Gasteiger partial charge in [-0.15, -0.1) is 10.2 Å². The van der Waals surface area contributed by atoms with Gasteiger partial charge in [-0.25, -0.2) is 0 Å². The van der Waals surface area contributed by atoms with E-state index in [0.717, 1.165) is 22.0 Å². The Labute approximate surface area is 145 Å². The maximum absolute atomic E-state index is 10.3. The summed E-state index contributed by atoms with van der Waals surface area (Å²) in [7, 11) is 1.79. The number of benzene rings is 2. The van der Waals surface area contributed by atoms with Crippen LogP contribution in [-0.2, 0) is 13.6 Å². The van der Waals surface area contributed by atoms with Crippen molar-refractivity contribution in [2.75, 3.05) is 0 Å². The first-order chi connectivity index (χ1) is 11.6. The number of aromatic nitrogens is 1. The number of hydrogen-bond acceptors (Lipinski definition) is 3. The van der Waals surface area contributed by atoms with Crippen LogP contribution in [0.5, 0.6) is 5.88 Å². The Hall–Kier alpha value is -2.73. The van der Waals surface area contributed by atoms with E-state index in [1.807, 2.05) is 55.5 Å². The molecule has 5 nitrogen and oxygen atoms in total. The average Bonchev–Trinajstić information content (AvgIpc) is 2.82. The van der Waals surface area contributed by atoms with E-state index in [4.69, 9.17) is 12.2 Å². The summed E-state index contributed by atoms with van der Waals surface area (Å²) in [5, 5.41) is 22.6. The van der Waals surface area contributed by atoms with Crippen LogP contribution in [0.1, 0.15) is 11.1 Å². The largest absolute Gasteiger partial charge is 0.493 e. The molecule has 0 radical (unpaired) electrons. The van der Waals surface area contributed by atoms with E-state index < -0.39 is 0 Å². The summed E-state index contributed by atoms with van der Waals surface area (Å²) in [6.07, 6.45) is 0. The van der Waals surface area contributed by atoms with E-state index in [-0.39, 0.29) is 11.0 Å². The minimum absolute atomic E-state index is 0.0743. The van der Waals surface area contributed by atoms with Crippen molar-refractivity contribution in [3.63, 3.8) is 0 Å². The molecule has 122 valence electrons. The van der Waals surface area contributed by atoms with Gasteiger partial charge in [0.05, 0.1) is 5.52 Å². The topological polar surface area (TPSA) is 61.9 Å². The van der Waals surface area contributed by atoms with Gasteiger partial charge in [0.1, 0.15) is 0 Å². The van der Waals surface area contributed by atoms with Crippen LogP contribution in [0.25, 0.3) is 10.9 Å². The Morgan fingerprint density at radius 1 is 1.21 bits per heavy atom. The van der Waals surface area contributed by atoms with Gasteiger partial charge in [0, 0.05) is 19.0 Å². The van der Waals surface area contributed by atoms with Crippen LogP contribution in [0.2, 0.25) is 0 Å². The lowest BCUT2D eigenvalue weighted by molar-refractivity contribution is 0.436. The molecule has 3 rings (SSSR count). The zero-order valence-corrected chi connectivity index (χ0v) is 14.3. The molecule has 2 N–H and O–H groups in total. The van der Waals surface area contributed by atoms with Crippen molar-refractivity contribution in [2.24, 2.45) is 17.3 Å². The molecule has 24 heavy (non-hydrogen) atoms. The molecule has 0 amide bonds. The summed E-state index contributed by atoms with van der Waals surface area (Å²) in [6.45, 7) is 2.58. The first-order valence-electron chi connectivity index (χ1n) is 7.58. The predicted molar refractivity (Wildman–Crippen MR) is 99.7 cm³/mol. The molecule has 1 heterocycles. The van der Waals surface area contributed by atoms with Crippen LogP contribution < -0.4 is 5.32 Å². The van der Waals surface area contributed by atoms with Gasteiger partial charge in [0.15, 0.2) is 5.69 Å². The van der Waals surface area contributed by atoms with Crippen LogP contribution in [-0.4, -0.2) is 14.8 Å². The summed E-state index contributed by atoms with van der Waals surface area (Å²) in [4.78, 5) is 0. The summed E-state index contributed by atoms with van der Waals surface area (Å²) < 4.78 is 1.68. The molecule has 2 aromatic carbocycles. The fourth-order valence-corrected chi connectivity index (χ4v) is 2.64. The zero-order chi connectivity index (χ0) is 17.1. The quantitative estimate of drug-likeness (QED) is 0.551. The monoisotopic (exact) mass is 338 g/mol. The molecule has 0 spiro atoms. The SMILES string of the molecule is Cc1ccc2c(c1)c(N=NC(=S)NCc1ccccc1)c(O)n2C. The number of fused-ring (bicyclic) bond motifs is 1. The molecule has 1 aromatic heterocycles. The van der Waals surface area contributed by atoms with Crippen molar-refractivity contribution >= 4 is 33.9 Å². The van der Waals surface area contributed by atoms with E-state index in [1.54, 1.807) is 11.6 Å². The number of thiocarbonyl (C=S) groups is 1. The van der Waals surface area contributed by atoms with Crippen molar-refractivity contribution in [3.8, 4) is 5.88 Å². The van der Waals surface area contributed by atoms with Crippen LogP contribution in [0.4, 0.5) is 5.69 Å². The number of hydrogen-bond donors (Lipinski definition) is 2. The fourth-order valence-electron chi connectivity index (χ4n) is 2.53. The summed E-state index contributed by atoms with van der Waals surface area (Å²) in [5.74, 6) is 0.0743. The molecule has 0 unspecified atom stereocenters. The summed E-state index contributed by atoms with van der Waals surface area (Å²) >= 11 is 5.19. The van der Waals surface area contributed by atoms with Crippen molar-refractivity contribution in [1.29, 1.82) is 0 Å². The van der Waals surface area contributed by atoms with Crippen LogP contribution >= 0.6 is 12.2 Å². The first-order valence-corrected chi connectivity index (χ1v) is 7.98. The molecule has 0 aliphatic rings. The van der Waals surface area contributed by atoms with Crippen molar-refractivity contribution < 1.29 is 5.11 Å². The van der Waals surface area contributed by atoms with E-state index in [0.29, 0.717) is 12.2 Å². The normalized spacial score (nSPS) is 11.2. The lowest BCUT2D eigenvalue weighted by Crippen LogP contribution is -2.18. The number of nitrogens with one attached hydrogen (secondary N) is 1. The highest BCUT2D eigenvalue weighted by atomic mass is 32.1. The Kier molecular flexibility index (Phi) is 4.57. The smallest absolute Gasteiger partial charge is 0.220 e. The maximum atomic E-state index is 10.3. The number of rotatable bonds is 3. The van der Waals surface area contributed by atoms with E-state index in [1.165, 1.54) is 0 Å². The highest BCUT2D eigenvalue weighted by Crippen LogP contribution is 2.38. The maximum Gasteiger partial charge on any atom is 0.220 e. The second kappa shape index (κ2) is 6.80. The molecule has 0 bridgehead atoms. The van der Waals surface area contributed by atoms with Gasteiger partial charge in [-0.3, -0.25) is 0 Å². The standard InChI is InChI=1S/C18H18N4OS/c1-12-8-9-15-14(10-12)16(17(23)22(15)2)20-21-18(24)19-11-13-6-4-3-5-7-13/h3-10,23H,11H2,1-2H3,(H,19,24).